The molecule has 0 fully saturated rings. The number of primary amides is 1. The number of aliphatic hydroxyl groups is 1. The molecule has 0 rings (SSSR count). The molecule has 0 unspecified atom stereocenters. The van der Waals surface area contributed by atoms with Gasteiger partial charge >= 0.3 is 0 Å². The van der Waals surface area contributed by atoms with E-state index in [-0.39, 0.29) is 0 Å². The van der Waals surface area contributed by atoms with E-state index in [9.17, 15) is 9.90 Å². The Bertz CT molecular complexity index is 229. The summed E-state index contributed by atoms with van der Waals surface area (Å²) in [5, 5.41) is 9.51. The first kappa shape index (κ1) is 11.9. The quantitative estimate of drug-likeness (QED) is 0.496. The molecule has 0 spiro atoms. The van der Waals surface area contributed by atoms with Crippen molar-refractivity contribution < 1.29 is 9.90 Å². The molecule has 0 heterocycles. The summed E-state index contributed by atoms with van der Waals surface area (Å²) in [5.41, 5.74) is 4.69. The minimum absolute atomic E-state index is 0.418. The van der Waals surface area contributed by atoms with Gasteiger partial charge in [-0.15, -0.1) is 6.58 Å². The molecule has 0 aliphatic rings. The van der Waals surface area contributed by atoms with Crippen LogP contribution >= 0.6 is 0 Å². The Balaban J connectivity index is 3.99. The first-order valence-electron chi connectivity index (χ1n) is 4.21. The van der Waals surface area contributed by atoms with Gasteiger partial charge in [0, 0.05) is 5.57 Å². The largest absolute Gasteiger partial charge is 0.386 e. The van der Waals surface area contributed by atoms with E-state index in [2.05, 4.69) is 6.58 Å². The van der Waals surface area contributed by atoms with Crippen LogP contribution in [0, 0.1) is 0 Å². The summed E-state index contributed by atoms with van der Waals surface area (Å²) in [6.45, 7) is 6.83. The van der Waals surface area contributed by atoms with Crippen LogP contribution in [-0.2, 0) is 4.79 Å². The second-order valence-corrected chi connectivity index (χ2v) is 3.35. The lowest BCUT2D eigenvalue weighted by Gasteiger charge is -2.16. The number of rotatable bonds is 5. The van der Waals surface area contributed by atoms with Crippen LogP contribution in [0.1, 0.15) is 26.7 Å². The Labute approximate surface area is 78.9 Å². The van der Waals surface area contributed by atoms with Crippen molar-refractivity contribution in [3.8, 4) is 0 Å². The molecule has 0 saturated heterocycles. The van der Waals surface area contributed by atoms with Crippen molar-refractivity contribution in [2.75, 3.05) is 0 Å². The molecule has 3 N–H and O–H groups in total. The number of hydrogen-bond donors (Lipinski definition) is 2. The molecule has 0 radical (unpaired) electrons. The summed E-state index contributed by atoms with van der Waals surface area (Å²) in [6, 6.07) is 0. The maximum Gasteiger partial charge on any atom is 0.244 e. The van der Waals surface area contributed by atoms with Crippen LogP contribution in [0.25, 0.3) is 0 Å². The lowest BCUT2D eigenvalue weighted by Crippen LogP contribution is -2.19. The molecule has 74 valence electrons. The van der Waals surface area contributed by atoms with Crippen LogP contribution in [0.5, 0.6) is 0 Å². The lowest BCUT2D eigenvalue weighted by molar-refractivity contribution is -0.114. The first-order chi connectivity index (χ1) is 5.89. The van der Waals surface area contributed by atoms with Gasteiger partial charge in [-0.3, -0.25) is 4.79 Å². The van der Waals surface area contributed by atoms with Gasteiger partial charge in [-0.1, -0.05) is 12.2 Å². The summed E-state index contributed by atoms with van der Waals surface area (Å²) in [4.78, 5) is 10.6. The highest BCUT2D eigenvalue weighted by Crippen LogP contribution is 2.13. The monoisotopic (exact) mass is 183 g/mol. The van der Waals surface area contributed by atoms with E-state index in [0.717, 1.165) is 0 Å². The number of hydrogen-bond acceptors (Lipinski definition) is 2. The fourth-order valence-electron chi connectivity index (χ4n) is 0.784. The smallest absolute Gasteiger partial charge is 0.244 e. The van der Waals surface area contributed by atoms with Crippen LogP contribution in [0.2, 0.25) is 0 Å². The van der Waals surface area contributed by atoms with Crippen LogP contribution < -0.4 is 5.73 Å². The van der Waals surface area contributed by atoms with Crippen molar-refractivity contribution in [1.29, 1.82) is 0 Å². The minimum atomic E-state index is -0.867. The molecule has 3 heteroatoms. The van der Waals surface area contributed by atoms with Crippen molar-refractivity contribution in [2.45, 2.75) is 32.3 Å². The number of nitrogens with two attached hydrogens (primary N) is 1. The molecule has 3 nitrogen and oxygen atoms in total. The van der Waals surface area contributed by atoms with Crippen molar-refractivity contribution in [2.24, 2.45) is 5.73 Å². The molecule has 1 amide bonds. The number of allylic oxidation sites excluding steroid dienone is 1. The van der Waals surface area contributed by atoms with E-state index < -0.39 is 11.5 Å². The zero-order chi connectivity index (χ0) is 10.5. The Morgan fingerprint density at radius 1 is 1.69 bits per heavy atom. The summed E-state index contributed by atoms with van der Waals surface area (Å²) >= 11 is 0. The molecule has 0 bridgehead atoms. The molecule has 1 atom stereocenters. The second-order valence-electron chi connectivity index (χ2n) is 3.35. The summed E-state index contributed by atoms with van der Waals surface area (Å²) in [7, 11) is 0. The molecular weight excluding hydrogens is 166 g/mol. The summed E-state index contributed by atoms with van der Waals surface area (Å²) in [5.74, 6) is -0.418. The Hall–Kier alpha value is -1.09. The van der Waals surface area contributed by atoms with Gasteiger partial charge in [0.2, 0.25) is 5.91 Å². The molecular formula is C10H17NO2. The van der Waals surface area contributed by atoms with Gasteiger partial charge in [0.05, 0.1) is 5.60 Å². The predicted molar refractivity (Wildman–Crippen MR) is 53.0 cm³/mol. The normalized spacial score (nSPS) is 16.4. The third-order valence-corrected chi connectivity index (χ3v) is 1.93. The molecule has 0 aromatic heterocycles. The van der Waals surface area contributed by atoms with Crippen LogP contribution in [0.15, 0.2) is 24.3 Å². The van der Waals surface area contributed by atoms with E-state index in [1.54, 1.807) is 19.9 Å². The average Bonchev–Trinajstić information content (AvgIpc) is 2.04. The Kier molecular flexibility index (Phi) is 4.42. The van der Waals surface area contributed by atoms with Gasteiger partial charge in [-0.25, -0.2) is 0 Å². The Morgan fingerprint density at radius 2 is 2.23 bits per heavy atom. The van der Waals surface area contributed by atoms with E-state index >= 15 is 0 Å². The summed E-state index contributed by atoms with van der Waals surface area (Å²) in [6.07, 6.45) is 4.37. The van der Waals surface area contributed by atoms with Crippen LogP contribution in [0.3, 0.4) is 0 Å². The molecule has 0 aromatic rings. The third-order valence-electron chi connectivity index (χ3n) is 1.93. The van der Waals surface area contributed by atoms with Gasteiger partial charge in [0.1, 0.15) is 0 Å². The molecule has 0 aliphatic heterocycles. The lowest BCUT2D eigenvalue weighted by atomic mass is 10.00. The number of carbonyl (C=O) groups is 1. The third kappa shape index (κ3) is 5.20. The van der Waals surface area contributed by atoms with Gasteiger partial charge in [-0.05, 0) is 26.7 Å². The highest BCUT2D eigenvalue weighted by atomic mass is 16.3. The zero-order valence-corrected chi connectivity index (χ0v) is 8.21. The number of carbonyl (C=O) groups excluding carboxylic acids is 1. The zero-order valence-electron chi connectivity index (χ0n) is 8.21. The van der Waals surface area contributed by atoms with Crippen molar-refractivity contribution >= 4 is 5.91 Å². The topological polar surface area (TPSA) is 63.3 Å². The standard InChI is InChI=1S/C10H17NO2/c1-4-10(3,13)7-5-6-8(2)9(11)12/h4,6,13H,1,5,7H2,2-3H3,(H2,11,12)/b8-6+/t10-/m0/s1. The van der Waals surface area contributed by atoms with Gasteiger partial charge < -0.3 is 10.8 Å². The molecule has 13 heavy (non-hydrogen) atoms. The van der Waals surface area contributed by atoms with Crippen LogP contribution in [-0.4, -0.2) is 16.6 Å². The van der Waals surface area contributed by atoms with Crippen molar-refractivity contribution in [1.82, 2.24) is 0 Å². The van der Waals surface area contributed by atoms with Crippen molar-refractivity contribution in [3.63, 3.8) is 0 Å². The molecule has 0 aromatic carbocycles. The molecule has 0 aliphatic carbocycles. The van der Waals surface area contributed by atoms with Crippen molar-refractivity contribution in [3.05, 3.63) is 24.3 Å². The first-order valence-corrected chi connectivity index (χ1v) is 4.21. The highest BCUT2D eigenvalue weighted by Gasteiger charge is 2.13. The highest BCUT2D eigenvalue weighted by molar-refractivity contribution is 5.91. The van der Waals surface area contributed by atoms with Crippen LogP contribution in [0.4, 0.5) is 0 Å². The molecule has 0 saturated carbocycles. The average molecular weight is 183 g/mol. The van der Waals surface area contributed by atoms with E-state index in [0.29, 0.717) is 18.4 Å². The van der Waals surface area contributed by atoms with Gasteiger partial charge in [0.15, 0.2) is 0 Å². The summed E-state index contributed by atoms with van der Waals surface area (Å²) < 4.78 is 0. The number of amides is 1. The van der Waals surface area contributed by atoms with E-state index in [4.69, 9.17) is 5.73 Å². The van der Waals surface area contributed by atoms with Gasteiger partial charge in [0.25, 0.3) is 0 Å². The van der Waals surface area contributed by atoms with E-state index in [1.807, 2.05) is 0 Å². The fourth-order valence-corrected chi connectivity index (χ4v) is 0.784. The maximum absolute atomic E-state index is 10.6. The second kappa shape index (κ2) is 4.82. The minimum Gasteiger partial charge on any atom is -0.386 e. The Morgan fingerprint density at radius 3 is 2.62 bits per heavy atom. The van der Waals surface area contributed by atoms with Gasteiger partial charge in [-0.2, -0.15) is 0 Å². The van der Waals surface area contributed by atoms with E-state index in [1.165, 1.54) is 6.08 Å². The fraction of sp³-hybridized carbons (Fsp3) is 0.500. The maximum atomic E-state index is 10.6. The predicted octanol–water partition coefficient (Wildman–Crippen LogP) is 1.14. The SMILES string of the molecule is C=C[C@](C)(O)CC/C=C(\C)C(N)=O.